The summed E-state index contributed by atoms with van der Waals surface area (Å²) in [5.41, 5.74) is -5.61. The van der Waals surface area contributed by atoms with Crippen molar-refractivity contribution in [1.29, 1.82) is 0 Å². The molecule has 2 aliphatic rings. The van der Waals surface area contributed by atoms with Crippen molar-refractivity contribution in [2.75, 3.05) is 18.1 Å². The van der Waals surface area contributed by atoms with Crippen LogP contribution in [0.25, 0.3) is 0 Å². The van der Waals surface area contributed by atoms with E-state index in [0.717, 1.165) is 18.5 Å². The SMILES string of the molecule is C[C@](C(=O)NC1C2COCC21)(c1cncnc1)N(C(=O)[C@H](F)Cl)c1ccc(OC(F)(F)F)cc1F. The molecule has 2 aromatic rings. The van der Waals surface area contributed by atoms with Gasteiger partial charge in [0.1, 0.15) is 12.1 Å². The molecule has 1 aromatic carbocycles. The van der Waals surface area contributed by atoms with E-state index in [1.54, 1.807) is 0 Å². The summed E-state index contributed by atoms with van der Waals surface area (Å²) in [6.07, 6.45) is -1.63. The lowest BCUT2D eigenvalue weighted by Gasteiger charge is -2.40. The number of benzene rings is 1. The van der Waals surface area contributed by atoms with Gasteiger partial charge in [-0.25, -0.2) is 18.7 Å². The average molecular weight is 521 g/mol. The van der Waals surface area contributed by atoms with Gasteiger partial charge in [0.2, 0.25) is 0 Å². The fourth-order valence-corrected chi connectivity index (χ4v) is 4.30. The molecule has 188 valence electrons. The first kappa shape index (κ1) is 25.0. The Kier molecular flexibility index (Phi) is 6.58. The molecule has 2 amide bonds. The van der Waals surface area contributed by atoms with Crippen LogP contribution in [0.15, 0.2) is 36.9 Å². The minimum absolute atomic E-state index is 0.0276. The van der Waals surface area contributed by atoms with Gasteiger partial charge in [0, 0.05) is 41.9 Å². The molecule has 4 rings (SSSR count). The van der Waals surface area contributed by atoms with Crippen LogP contribution in [0.1, 0.15) is 12.5 Å². The molecule has 1 aliphatic heterocycles. The van der Waals surface area contributed by atoms with Crippen LogP contribution in [-0.4, -0.2) is 53.0 Å². The van der Waals surface area contributed by atoms with E-state index >= 15 is 4.39 Å². The van der Waals surface area contributed by atoms with E-state index in [9.17, 15) is 27.2 Å². The molecule has 8 nitrogen and oxygen atoms in total. The Balaban J connectivity index is 1.79. The van der Waals surface area contributed by atoms with Gasteiger partial charge < -0.3 is 14.8 Å². The fraction of sp³-hybridized carbons (Fsp3) is 0.429. The van der Waals surface area contributed by atoms with E-state index in [1.807, 2.05) is 0 Å². The highest BCUT2D eigenvalue weighted by Crippen LogP contribution is 2.45. The first-order valence-electron chi connectivity index (χ1n) is 10.2. The molecule has 14 heteroatoms. The van der Waals surface area contributed by atoms with E-state index in [0.29, 0.717) is 24.2 Å². The topological polar surface area (TPSA) is 93.6 Å². The normalized spacial score (nSPS) is 23.6. The van der Waals surface area contributed by atoms with Crippen LogP contribution in [0.4, 0.5) is 27.6 Å². The maximum absolute atomic E-state index is 15.1. The third kappa shape index (κ3) is 4.87. The standard InChI is InChI=1S/C21H18ClF5N4O4/c1-20(10-5-28-9-29-6-10,19(33)30-16-12-7-34-8-13(12)16)31(18(32)17(22)24)15-3-2-11(4-14(15)23)35-21(25,26)27/h2-6,9,12-13,16-17H,7-8H2,1H3,(H,30,33)/t12?,13?,16?,17-,20+/m0/s1. The number of hydrogen-bond acceptors (Lipinski definition) is 6. The molecular formula is C21H18ClF5N4O4. The number of fused-ring (bicyclic) bond motifs is 1. The fourth-order valence-electron chi connectivity index (χ4n) is 4.20. The molecule has 1 aromatic heterocycles. The number of carbonyl (C=O) groups is 2. The van der Waals surface area contributed by atoms with E-state index in [1.165, 1.54) is 19.3 Å². The molecule has 2 heterocycles. The largest absolute Gasteiger partial charge is 0.573 e. The third-order valence-electron chi connectivity index (χ3n) is 6.06. The van der Waals surface area contributed by atoms with Crippen LogP contribution in [-0.2, 0) is 19.9 Å². The molecular weight excluding hydrogens is 503 g/mol. The Morgan fingerprint density at radius 3 is 2.40 bits per heavy atom. The molecule has 1 saturated heterocycles. The number of ether oxygens (including phenoxy) is 2. The lowest BCUT2D eigenvalue weighted by Crippen LogP contribution is -2.59. The van der Waals surface area contributed by atoms with Crippen molar-refractivity contribution in [2.45, 2.75) is 30.5 Å². The number of nitrogens with zero attached hydrogens (tertiary/aromatic N) is 3. The number of aromatic nitrogens is 2. The van der Waals surface area contributed by atoms with Gasteiger partial charge in [-0.15, -0.1) is 13.2 Å². The quantitative estimate of drug-likeness (QED) is 0.445. The summed E-state index contributed by atoms with van der Waals surface area (Å²) in [6.45, 7) is 2.05. The van der Waals surface area contributed by atoms with Gasteiger partial charge in [0.25, 0.3) is 17.4 Å². The summed E-state index contributed by atoms with van der Waals surface area (Å²) in [5, 5.41) is 2.77. The van der Waals surface area contributed by atoms with Crippen molar-refractivity contribution in [1.82, 2.24) is 15.3 Å². The molecule has 0 radical (unpaired) electrons. The van der Waals surface area contributed by atoms with Crippen LogP contribution in [0.2, 0.25) is 0 Å². The predicted octanol–water partition coefficient (Wildman–Crippen LogP) is 3.06. The molecule has 1 N–H and O–H groups in total. The Morgan fingerprint density at radius 2 is 1.86 bits per heavy atom. The van der Waals surface area contributed by atoms with Gasteiger partial charge in [-0.3, -0.25) is 14.5 Å². The maximum Gasteiger partial charge on any atom is 0.573 e. The van der Waals surface area contributed by atoms with Crippen molar-refractivity contribution >= 4 is 29.1 Å². The molecule has 35 heavy (non-hydrogen) atoms. The number of anilines is 1. The van der Waals surface area contributed by atoms with E-state index in [-0.39, 0.29) is 23.4 Å². The van der Waals surface area contributed by atoms with Gasteiger partial charge in [-0.05, 0) is 19.1 Å². The number of alkyl halides is 5. The number of halogens is 6. The number of hydrogen-bond donors (Lipinski definition) is 1. The number of nitrogens with one attached hydrogen (secondary N) is 1. The minimum Gasteiger partial charge on any atom is -0.406 e. The van der Waals surface area contributed by atoms with Gasteiger partial charge in [-0.1, -0.05) is 11.6 Å². The van der Waals surface area contributed by atoms with E-state index < -0.39 is 46.6 Å². The average Bonchev–Trinajstić information content (AvgIpc) is 3.20. The van der Waals surface area contributed by atoms with Gasteiger partial charge in [0.15, 0.2) is 11.4 Å². The van der Waals surface area contributed by atoms with Crippen LogP contribution < -0.4 is 15.0 Å². The molecule has 4 atom stereocenters. The van der Waals surface area contributed by atoms with Gasteiger partial charge >= 0.3 is 6.36 Å². The monoisotopic (exact) mass is 520 g/mol. The summed E-state index contributed by atoms with van der Waals surface area (Å²) in [5.74, 6) is -4.57. The number of carbonyl (C=O) groups excluding carboxylic acids is 2. The molecule has 0 spiro atoms. The zero-order valence-electron chi connectivity index (χ0n) is 17.9. The van der Waals surface area contributed by atoms with Crippen LogP contribution >= 0.6 is 11.6 Å². The Bertz CT molecular complexity index is 1110. The lowest BCUT2D eigenvalue weighted by molar-refractivity contribution is -0.274. The van der Waals surface area contributed by atoms with E-state index in [2.05, 4.69) is 20.0 Å². The number of amides is 2. The van der Waals surface area contributed by atoms with E-state index in [4.69, 9.17) is 16.3 Å². The summed E-state index contributed by atoms with van der Waals surface area (Å²) in [7, 11) is 0. The Morgan fingerprint density at radius 1 is 1.23 bits per heavy atom. The van der Waals surface area contributed by atoms with Crippen molar-refractivity contribution in [2.24, 2.45) is 11.8 Å². The molecule has 1 saturated carbocycles. The summed E-state index contributed by atoms with van der Waals surface area (Å²) >= 11 is 5.40. The lowest BCUT2D eigenvalue weighted by atomic mass is 9.89. The summed E-state index contributed by atoms with van der Waals surface area (Å²) in [6, 6.07) is 1.54. The van der Waals surface area contributed by atoms with Crippen molar-refractivity contribution < 1.29 is 41.0 Å². The van der Waals surface area contributed by atoms with Crippen LogP contribution in [0.5, 0.6) is 5.75 Å². The minimum atomic E-state index is -5.11. The van der Waals surface area contributed by atoms with Crippen molar-refractivity contribution in [3.05, 3.63) is 48.3 Å². The second-order valence-corrected chi connectivity index (χ2v) is 8.58. The maximum atomic E-state index is 15.1. The molecule has 2 fully saturated rings. The first-order valence-corrected chi connectivity index (χ1v) is 10.7. The van der Waals surface area contributed by atoms with Crippen molar-refractivity contribution in [3.8, 4) is 5.75 Å². The van der Waals surface area contributed by atoms with Gasteiger partial charge in [-0.2, -0.15) is 0 Å². The highest BCUT2D eigenvalue weighted by atomic mass is 35.5. The Hall–Kier alpha value is -3.06. The predicted molar refractivity (Wildman–Crippen MR) is 110 cm³/mol. The van der Waals surface area contributed by atoms with Crippen LogP contribution in [0.3, 0.4) is 0 Å². The zero-order chi connectivity index (χ0) is 25.5. The summed E-state index contributed by atoms with van der Waals surface area (Å²) in [4.78, 5) is 34.6. The van der Waals surface area contributed by atoms with Crippen molar-refractivity contribution in [3.63, 3.8) is 0 Å². The molecule has 2 unspecified atom stereocenters. The molecule has 0 bridgehead atoms. The number of rotatable bonds is 7. The van der Waals surface area contributed by atoms with Crippen LogP contribution in [0, 0.1) is 17.7 Å². The highest BCUT2D eigenvalue weighted by Gasteiger charge is 2.57. The Labute approximate surface area is 200 Å². The molecule has 1 aliphatic carbocycles. The highest BCUT2D eigenvalue weighted by molar-refractivity contribution is 6.32. The third-order valence-corrected chi connectivity index (χ3v) is 6.25. The zero-order valence-corrected chi connectivity index (χ0v) is 18.7. The first-order chi connectivity index (χ1) is 16.4. The second kappa shape index (κ2) is 9.19. The second-order valence-electron chi connectivity index (χ2n) is 8.20. The smallest absolute Gasteiger partial charge is 0.406 e. The van der Waals surface area contributed by atoms with Gasteiger partial charge in [0.05, 0.1) is 18.9 Å². The summed E-state index contributed by atoms with van der Waals surface area (Å²) < 4.78 is 75.9.